The maximum absolute atomic E-state index is 12.6. The number of methoxy groups -OCH3 is 3. The van der Waals surface area contributed by atoms with Crippen molar-refractivity contribution < 1.29 is 113 Å². The van der Waals surface area contributed by atoms with Crippen molar-refractivity contribution in [1.29, 1.82) is 0 Å². The minimum atomic E-state index is -4.56. The number of benzene rings is 4. The monoisotopic (exact) mass is 1260 g/mol. The lowest BCUT2D eigenvalue weighted by Crippen LogP contribution is -2.59. The number of aliphatic hydroxyl groups excluding tert-OH is 2. The number of ether oxygens (including phenoxy) is 8. The van der Waals surface area contributed by atoms with E-state index in [2.05, 4.69) is 0 Å². The van der Waals surface area contributed by atoms with Gasteiger partial charge < -0.3 is 60.7 Å². The molecule has 0 saturated carbocycles. The summed E-state index contributed by atoms with van der Waals surface area (Å²) in [5, 5.41) is 50.7. The highest BCUT2D eigenvalue weighted by atomic mass is 32.3. The average molecular weight is 1260 g/mol. The molecule has 470 valence electrons. The summed E-state index contributed by atoms with van der Waals surface area (Å²) < 4.78 is 149. The molecule has 0 aromatic heterocycles. The number of nitrogens with zero attached hydrogens (tertiary/aromatic N) is 3. The molecule has 0 amide bonds. The highest BCUT2D eigenvalue weighted by Crippen LogP contribution is 2.40. The van der Waals surface area contributed by atoms with Gasteiger partial charge in [-0.15, -0.1) is 0 Å². The van der Waals surface area contributed by atoms with Crippen LogP contribution >= 0.6 is 0 Å². The summed E-state index contributed by atoms with van der Waals surface area (Å²) in [6.07, 6.45) is -8.74. The first kappa shape index (κ1) is 67.9. The number of aliphatic hydroxyl groups is 2. The minimum Gasteiger partial charge on any atom is -0.394 e. The highest BCUT2D eigenvalue weighted by Gasteiger charge is 2.51. The zero-order valence-corrected chi connectivity index (χ0v) is 49.2. The Kier molecular flexibility index (Phi) is 23.9. The summed E-state index contributed by atoms with van der Waals surface area (Å²) in [6.45, 7) is 8.66. The van der Waals surface area contributed by atoms with Crippen molar-refractivity contribution in [2.45, 2.75) is 103 Å². The van der Waals surface area contributed by atoms with Gasteiger partial charge in [0.1, 0.15) is 41.7 Å². The number of nitro benzene ring substituents is 3. The van der Waals surface area contributed by atoms with E-state index in [1.54, 1.807) is 34.6 Å². The summed E-state index contributed by atoms with van der Waals surface area (Å²) in [5.74, 6) is -1.88. The van der Waals surface area contributed by atoms with Crippen LogP contribution in [0.3, 0.4) is 0 Å². The maximum Gasteiger partial charge on any atom is 0.449 e. The Hall–Kier alpha value is -6.19. The molecule has 0 aliphatic carbocycles. The molecule has 4 heterocycles. The predicted octanol–water partition coefficient (Wildman–Crippen LogP) is 5.20. The van der Waals surface area contributed by atoms with Crippen molar-refractivity contribution in [3.63, 3.8) is 0 Å². The molecular formula is C51H65N3O28S3. The van der Waals surface area contributed by atoms with E-state index in [9.17, 15) is 65.8 Å². The normalized spacial score (nSPS) is 29.5. The van der Waals surface area contributed by atoms with Gasteiger partial charge in [-0.2, -0.15) is 25.3 Å². The quantitative estimate of drug-likeness (QED) is 0.0799. The Labute approximate surface area is 489 Å². The van der Waals surface area contributed by atoms with Crippen molar-refractivity contribution in [3.8, 4) is 17.2 Å². The van der Waals surface area contributed by atoms with Crippen LogP contribution < -0.4 is 12.5 Å². The molecular weight excluding hydrogens is 1200 g/mol. The highest BCUT2D eigenvalue weighted by molar-refractivity contribution is 7.82. The average Bonchev–Trinajstić information content (AvgIpc) is 2.04. The van der Waals surface area contributed by atoms with Crippen LogP contribution in [-0.4, -0.2) is 153 Å². The van der Waals surface area contributed by atoms with Gasteiger partial charge in [0.05, 0.1) is 52.9 Å². The fraction of sp³-hybridized carbons (Fsp3) is 0.529. The van der Waals surface area contributed by atoms with Crippen LogP contribution in [0.25, 0.3) is 0 Å². The SMILES string of the molecule is CO[C@H]1OC(CO)[C@@H](C)[C@H](C)C1OS(=O)(=O)Oc1ccc([N+](=O)[O-])cc1.CO[C@H]1OC(CO)[C@@H](C)[C@H](C)C1OS(=O)(=O)Oc1ccc([N+](=O)[O-])cc1.CO[C@H]1OC2COC(c3ccccc3)O[C@H]2[C@H](C)C1OS(=O)(=O)Oc1ccc([N+](=O)[O-])cc1. The van der Waals surface area contributed by atoms with Gasteiger partial charge in [-0.05, 0) is 60.1 Å². The Bertz CT molecular complexity index is 3040. The van der Waals surface area contributed by atoms with E-state index >= 15 is 0 Å². The lowest BCUT2D eigenvalue weighted by Gasteiger charge is -2.47. The van der Waals surface area contributed by atoms with E-state index in [0.717, 1.165) is 78.4 Å². The third kappa shape index (κ3) is 18.2. The van der Waals surface area contributed by atoms with Gasteiger partial charge in [-0.25, -0.2) is 12.5 Å². The second kappa shape index (κ2) is 29.9. The summed E-state index contributed by atoms with van der Waals surface area (Å²) in [6, 6.07) is 23.0. The third-order valence-corrected chi connectivity index (χ3v) is 16.8. The summed E-state index contributed by atoms with van der Waals surface area (Å²) >= 11 is 0. The number of fused-ring (bicyclic) bond motifs is 1. The van der Waals surface area contributed by atoms with Crippen LogP contribution in [0.5, 0.6) is 17.2 Å². The van der Waals surface area contributed by atoms with Gasteiger partial charge >= 0.3 is 31.2 Å². The molecule has 0 radical (unpaired) electrons. The summed E-state index contributed by atoms with van der Waals surface area (Å²) in [7, 11) is -9.49. The van der Waals surface area contributed by atoms with E-state index in [1.165, 1.54) is 21.3 Å². The van der Waals surface area contributed by atoms with Crippen molar-refractivity contribution in [1.82, 2.24) is 0 Å². The molecule has 7 unspecified atom stereocenters. The molecule has 4 fully saturated rings. The minimum absolute atomic E-state index is 0.129. The Morgan fingerprint density at radius 1 is 0.471 bits per heavy atom. The largest absolute Gasteiger partial charge is 0.449 e. The number of nitro groups is 3. The zero-order chi connectivity index (χ0) is 62.6. The van der Waals surface area contributed by atoms with Crippen LogP contribution in [-0.2, 0) is 81.6 Å². The summed E-state index contributed by atoms with van der Waals surface area (Å²) in [5.41, 5.74) is 0.218. The lowest BCUT2D eigenvalue weighted by atomic mass is 9.84. The Balaban J connectivity index is 0.000000207. The summed E-state index contributed by atoms with van der Waals surface area (Å²) in [4.78, 5) is 30.2. The van der Waals surface area contributed by atoms with Crippen molar-refractivity contribution in [3.05, 3.63) is 139 Å². The molecule has 4 aromatic carbocycles. The zero-order valence-electron chi connectivity index (χ0n) is 46.7. The van der Waals surface area contributed by atoms with Gasteiger partial charge in [0.15, 0.2) is 25.2 Å². The van der Waals surface area contributed by atoms with Gasteiger partial charge in [0.25, 0.3) is 17.1 Å². The van der Waals surface area contributed by atoms with E-state index in [0.29, 0.717) is 0 Å². The first-order chi connectivity index (χ1) is 40.1. The lowest BCUT2D eigenvalue weighted by molar-refractivity contribution is -0.385. The van der Waals surface area contributed by atoms with Crippen molar-refractivity contribution in [2.75, 3.05) is 41.2 Å². The molecule has 2 N–H and O–H groups in total. The van der Waals surface area contributed by atoms with Crippen LogP contribution in [0, 0.1) is 59.9 Å². The maximum atomic E-state index is 12.6. The molecule has 31 nitrogen and oxygen atoms in total. The van der Waals surface area contributed by atoms with Crippen LogP contribution in [0.4, 0.5) is 17.1 Å². The second-order valence-corrected chi connectivity index (χ2v) is 23.1. The van der Waals surface area contributed by atoms with E-state index in [-0.39, 0.29) is 77.8 Å². The first-order valence-electron chi connectivity index (χ1n) is 25.8. The van der Waals surface area contributed by atoms with Gasteiger partial charge in [0, 0.05) is 69.2 Å². The second-order valence-electron chi connectivity index (χ2n) is 19.6. The van der Waals surface area contributed by atoms with E-state index in [1.807, 2.05) is 30.3 Å². The Morgan fingerprint density at radius 2 is 0.800 bits per heavy atom. The van der Waals surface area contributed by atoms with Gasteiger partial charge in [-0.1, -0.05) is 65.0 Å². The van der Waals surface area contributed by atoms with E-state index < -0.39 is 120 Å². The molecule has 34 heteroatoms. The topological polar surface area (TPSA) is 402 Å². The smallest absolute Gasteiger partial charge is 0.394 e. The van der Waals surface area contributed by atoms with Crippen LogP contribution in [0.2, 0.25) is 0 Å². The molecule has 4 aromatic rings. The van der Waals surface area contributed by atoms with Crippen molar-refractivity contribution >= 4 is 48.3 Å². The first-order valence-corrected chi connectivity index (χ1v) is 29.8. The molecule has 16 atom stereocenters. The van der Waals surface area contributed by atoms with Crippen LogP contribution in [0.15, 0.2) is 103 Å². The fourth-order valence-corrected chi connectivity index (χ4v) is 12.0. The van der Waals surface area contributed by atoms with Gasteiger partial charge in [-0.3, -0.25) is 30.3 Å². The molecule has 0 bridgehead atoms. The molecule has 85 heavy (non-hydrogen) atoms. The Morgan fingerprint density at radius 3 is 1.12 bits per heavy atom. The van der Waals surface area contributed by atoms with Crippen molar-refractivity contribution in [2.24, 2.45) is 29.6 Å². The molecule has 8 rings (SSSR count). The standard InChI is InChI=1S/C21H23NO10S.2C15H21NO9S/c1-13-18-17(12-28-20(30-18)14-6-4-3-5-7-14)29-21(27-2)19(13)32-33(25,26)31-16-10-8-15(9-11-16)22(23)24;2*1-9-10(2)14(15(22-3)23-13(9)8-17)25-26(20,21)24-12-6-4-11(5-7-12)16(18)19/h3-11,13,17-21H,12H2,1-2H3;2*4-7,9-10,13-15,17H,8H2,1-3H3/t13-,17?,18-,19?,20?,21-;2*9-,10-,13?,14?,15-/m000/s1. The molecule has 4 aliphatic heterocycles. The predicted molar refractivity (Wildman–Crippen MR) is 290 cm³/mol. The molecule has 0 spiro atoms. The number of hydrogen-bond donors (Lipinski definition) is 2. The fourth-order valence-electron chi connectivity index (χ4n) is 9.19. The van der Waals surface area contributed by atoms with Crippen LogP contribution in [0.1, 0.15) is 46.5 Å². The van der Waals surface area contributed by atoms with Gasteiger partial charge in [0.2, 0.25) is 0 Å². The number of hydrogen-bond acceptors (Lipinski definition) is 28. The molecule has 4 saturated heterocycles. The van der Waals surface area contributed by atoms with E-state index in [4.69, 9.17) is 63.0 Å². The third-order valence-electron chi connectivity index (χ3n) is 14.2. The number of non-ortho nitro benzene ring substituents is 3. The number of rotatable bonds is 21. The molecule has 4 aliphatic rings.